The van der Waals surface area contributed by atoms with Gasteiger partial charge in [0.25, 0.3) is 5.91 Å². The molecule has 1 saturated heterocycles. The van der Waals surface area contributed by atoms with Gasteiger partial charge in [-0.25, -0.2) is 0 Å². The number of nitrogens with zero attached hydrogens (tertiary/aromatic N) is 2. The van der Waals surface area contributed by atoms with E-state index in [1.54, 1.807) is 6.20 Å². The highest BCUT2D eigenvalue weighted by Crippen LogP contribution is 2.28. The summed E-state index contributed by atoms with van der Waals surface area (Å²) >= 11 is 0. The largest absolute Gasteiger partial charge is 0.338 e. The minimum Gasteiger partial charge on any atom is -0.338 e. The van der Waals surface area contributed by atoms with Gasteiger partial charge in [0.15, 0.2) is 0 Å². The summed E-state index contributed by atoms with van der Waals surface area (Å²) in [5.74, 6) is 1.04. The maximum atomic E-state index is 12.3. The topological polar surface area (TPSA) is 61.0 Å². The van der Waals surface area contributed by atoms with Gasteiger partial charge in [-0.05, 0) is 45.1 Å². The average Bonchev–Trinajstić information content (AvgIpc) is 3.17. The van der Waals surface area contributed by atoms with Crippen LogP contribution in [-0.2, 0) is 0 Å². The number of hydrogen-bond donors (Lipinski definition) is 2. The zero-order valence-electron chi connectivity index (χ0n) is 11.5. The van der Waals surface area contributed by atoms with Gasteiger partial charge in [-0.1, -0.05) is 0 Å². The number of H-pyrrole nitrogens is 1. The molecule has 2 N–H and O–H groups in total. The van der Waals surface area contributed by atoms with E-state index in [1.165, 1.54) is 19.4 Å². The van der Waals surface area contributed by atoms with Gasteiger partial charge in [0.2, 0.25) is 0 Å². The number of aromatic amines is 1. The molecular formula is C14H22N4O. The molecule has 3 rings (SSSR count). The van der Waals surface area contributed by atoms with Crippen molar-refractivity contribution in [2.45, 2.75) is 38.6 Å². The SMILES string of the molecule is Cc1[nH]ncc1C(=O)N1CCC(NCC2CC2)CC1. The Labute approximate surface area is 113 Å². The number of nitrogens with one attached hydrogen (secondary N) is 2. The van der Waals surface area contributed by atoms with Gasteiger partial charge >= 0.3 is 0 Å². The smallest absolute Gasteiger partial charge is 0.257 e. The van der Waals surface area contributed by atoms with Gasteiger partial charge in [-0.15, -0.1) is 0 Å². The fraction of sp³-hybridized carbons (Fsp3) is 0.714. The van der Waals surface area contributed by atoms with Crippen molar-refractivity contribution in [3.63, 3.8) is 0 Å². The molecule has 104 valence electrons. The maximum absolute atomic E-state index is 12.3. The number of carbonyl (C=O) groups excluding carboxylic acids is 1. The van der Waals surface area contributed by atoms with Gasteiger partial charge in [-0.3, -0.25) is 9.89 Å². The molecule has 5 nitrogen and oxygen atoms in total. The maximum Gasteiger partial charge on any atom is 0.257 e. The van der Waals surface area contributed by atoms with E-state index in [1.807, 2.05) is 11.8 Å². The van der Waals surface area contributed by atoms with Crippen molar-refractivity contribution in [3.8, 4) is 0 Å². The van der Waals surface area contributed by atoms with Crippen molar-refractivity contribution >= 4 is 5.91 Å². The molecule has 2 heterocycles. The van der Waals surface area contributed by atoms with Crippen LogP contribution in [0.3, 0.4) is 0 Å². The number of aromatic nitrogens is 2. The standard InChI is InChI=1S/C14H22N4O/c1-10-13(9-16-17-10)14(19)18-6-4-12(5-7-18)15-8-11-2-3-11/h9,11-12,15H,2-8H2,1H3,(H,16,17). The Bertz CT molecular complexity index is 444. The Morgan fingerprint density at radius 1 is 1.42 bits per heavy atom. The van der Waals surface area contributed by atoms with E-state index in [4.69, 9.17) is 0 Å². The molecule has 1 saturated carbocycles. The third-order valence-electron chi connectivity index (χ3n) is 4.23. The van der Waals surface area contributed by atoms with Crippen molar-refractivity contribution in [2.24, 2.45) is 5.92 Å². The Hall–Kier alpha value is -1.36. The Kier molecular flexibility index (Phi) is 3.55. The number of hydrogen-bond acceptors (Lipinski definition) is 3. The van der Waals surface area contributed by atoms with Crippen LogP contribution < -0.4 is 5.32 Å². The lowest BCUT2D eigenvalue weighted by atomic mass is 10.0. The first-order chi connectivity index (χ1) is 9.24. The molecule has 1 aromatic rings. The first-order valence-corrected chi connectivity index (χ1v) is 7.26. The number of likely N-dealkylation sites (tertiary alicyclic amines) is 1. The quantitative estimate of drug-likeness (QED) is 0.860. The lowest BCUT2D eigenvalue weighted by Crippen LogP contribution is -2.45. The molecule has 1 amide bonds. The van der Waals surface area contributed by atoms with E-state index in [0.717, 1.165) is 37.5 Å². The van der Waals surface area contributed by atoms with Gasteiger partial charge in [0.1, 0.15) is 0 Å². The van der Waals surface area contributed by atoms with Crippen LogP contribution >= 0.6 is 0 Å². The first kappa shape index (κ1) is 12.7. The van der Waals surface area contributed by atoms with Crippen molar-refractivity contribution in [2.75, 3.05) is 19.6 Å². The molecule has 1 aliphatic heterocycles. The highest BCUT2D eigenvalue weighted by Gasteiger charge is 2.27. The van der Waals surface area contributed by atoms with Crippen molar-refractivity contribution in [3.05, 3.63) is 17.5 Å². The molecule has 2 fully saturated rings. The number of rotatable bonds is 4. The van der Waals surface area contributed by atoms with Gasteiger partial charge in [0, 0.05) is 24.8 Å². The minimum absolute atomic E-state index is 0.117. The second-order valence-corrected chi connectivity index (χ2v) is 5.83. The second kappa shape index (κ2) is 5.33. The van der Waals surface area contributed by atoms with Gasteiger partial charge < -0.3 is 10.2 Å². The second-order valence-electron chi connectivity index (χ2n) is 5.83. The summed E-state index contributed by atoms with van der Waals surface area (Å²) in [6, 6.07) is 0.593. The van der Waals surface area contributed by atoms with Crippen molar-refractivity contribution in [1.82, 2.24) is 20.4 Å². The van der Waals surface area contributed by atoms with E-state index in [0.29, 0.717) is 11.6 Å². The van der Waals surface area contributed by atoms with Gasteiger partial charge in [-0.2, -0.15) is 5.10 Å². The molecule has 0 aromatic carbocycles. The highest BCUT2D eigenvalue weighted by atomic mass is 16.2. The van der Waals surface area contributed by atoms with Crippen molar-refractivity contribution in [1.29, 1.82) is 0 Å². The van der Waals surface area contributed by atoms with E-state index >= 15 is 0 Å². The van der Waals surface area contributed by atoms with E-state index in [2.05, 4.69) is 15.5 Å². The molecule has 5 heteroatoms. The Morgan fingerprint density at radius 3 is 2.74 bits per heavy atom. The predicted octanol–water partition coefficient (Wildman–Crippen LogP) is 1.32. The lowest BCUT2D eigenvalue weighted by molar-refractivity contribution is 0.0704. The lowest BCUT2D eigenvalue weighted by Gasteiger charge is -2.32. The number of aryl methyl sites for hydroxylation is 1. The monoisotopic (exact) mass is 262 g/mol. The van der Waals surface area contributed by atoms with Crippen molar-refractivity contribution < 1.29 is 4.79 Å². The molecular weight excluding hydrogens is 240 g/mol. The molecule has 0 spiro atoms. The molecule has 0 unspecified atom stereocenters. The molecule has 0 radical (unpaired) electrons. The van der Waals surface area contributed by atoms with Crippen LogP contribution in [0.2, 0.25) is 0 Å². The molecule has 0 atom stereocenters. The van der Waals surface area contributed by atoms with Gasteiger partial charge in [0.05, 0.1) is 11.8 Å². The minimum atomic E-state index is 0.117. The van der Waals surface area contributed by atoms with Crippen LogP contribution in [0, 0.1) is 12.8 Å². The molecule has 1 aromatic heterocycles. The molecule has 1 aliphatic carbocycles. The fourth-order valence-electron chi connectivity index (χ4n) is 2.68. The van der Waals surface area contributed by atoms with E-state index < -0.39 is 0 Å². The number of amides is 1. The normalized spacial score (nSPS) is 20.8. The Balaban J connectivity index is 1.49. The number of carbonyl (C=O) groups is 1. The third-order valence-corrected chi connectivity index (χ3v) is 4.23. The van der Waals surface area contributed by atoms with Crippen LogP contribution in [0.4, 0.5) is 0 Å². The summed E-state index contributed by atoms with van der Waals surface area (Å²) in [4.78, 5) is 14.3. The third kappa shape index (κ3) is 2.97. The van der Waals surface area contributed by atoms with Crippen LogP contribution in [-0.4, -0.2) is 46.7 Å². The van der Waals surface area contributed by atoms with Crippen LogP contribution in [0.1, 0.15) is 41.7 Å². The summed E-state index contributed by atoms with van der Waals surface area (Å²) in [6.07, 6.45) is 6.55. The summed E-state index contributed by atoms with van der Waals surface area (Å²) in [6.45, 7) is 4.77. The zero-order valence-corrected chi connectivity index (χ0v) is 11.5. The summed E-state index contributed by atoms with van der Waals surface area (Å²) in [7, 11) is 0. The van der Waals surface area contributed by atoms with E-state index in [-0.39, 0.29) is 5.91 Å². The average molecular weight is 262 g/mol. The first-order valence-electron chi connectivity index (χ1n) is 7.26. The predicted molar refractivity (Wildman–Crippen MR) is 73.0 cm³/mol. The van der Waals surface area contributed by atoms with Crippen LogP contribution in [0.25, 0.3) is 0 Å². The molecule has 19 heavy (non-hydrogen) atoms. The Morgan fingerprint density at radius 2 is 2.16 bits per heavy atom. The summed E-state index contributed by atoms with van der Waals surface area (Å²) in [5.41, 5.74) is 1.57. The van der Waals surface area contributed by atoms with Crippen LogP contribution in [0.5, 0.6) is 0 Å². The zero-order chi connectivity index (χ0) is 13.2. The fourth-order valence-corrected chi connectivity index (χ4v) is 2.68. The number of piperidine rings is 1. The molecule has 2 aliphatic rings. The summed E-state index contributed by atoms with van der Waals surface area (Å²) < 4.78 is 0. The van der Waals surface area contributed by atoms with E-state index in [9.17, 15) is 4.79 Å². The summed E-state index contributed by atoms with van der Waals surface area (Å²) in [5, 5.41) is 10.4. The molecule has 0 bridgehead atoms. The highest BCUT2D eigenvalue weighted by molar-refractivity contribution is 5.95. The van der Waals surface area contributed by atoms with Crippen LogP contribution in [0.15, 0.2) is 6.20 Å².